The van der Waals surface area contributed by atoms with Crippen LogP contribution < -0.4 is 11.3 Å². The number of halogens is 1. The Morgan fingerprint density at radius 2 is 2.12 bits per heavy atom. The highest BCUT2D eigenvalue weighted by molar-refractivity contribution is 9.10. The van der Waals surface area contributed by atoms with Crippen molar-refractivity contribution in [3.63, 3.8) is 0 Å². The Balaban J connectivity index is 2.10. The van der Waals surface area contributed by atoms with E-state index < -0.39 is 0 Å². The van der Waals surface area contributed by atoms with Gasteiger partial charge in [0.05, 0.1) is 11.7 Å². The summed E-state index contributed by atoms with van der Waals surface area (Å²) in [7, 11) is 0. The number of hydrogen-bond donors (Lipinski definition) is 2. The van der Waals surface area contributed by atoms with E-state index in [9.17, 15) is 0 Å². The molecule has 1 aromatic carbocycles. The van der Waals surface area contributed by atoms with Crippen molar-refractivity contribution < 1.29 is 0 Å². The third kappa shape index (κ3) is 2.85. The first-order valence-electron chi connectivity index (χ1n) is 4.77. The topological polar surface area (TPSA) is 63.8 Å². The van der Waals surface area contributed by atoms with Crippen LogP contribution >= 0.6 is 27.5 Å². The molecular formula is C10H11BrN4S. The summed E-state index contributed by atoms with van der Waals surface area (Å²) in [6.45, 7) is 0. The van der Waals surface area contributed by atoms with Gasteiger partial charge in [-0.05, 0) is 35.6 Å². The normalized spacial score (nSPS) is 12.6. The van der Waals surface area contributed by atoms with Crippen molar-refractivity contribution in [1.82, 2.24) is 15.0 Å². The molecule has 0 spiro atoms. The minimum atomic E-state index is 0.0138. The minimum absolute atomic E-state index is 0.0138. The molecule has 1 atom stereocenters. The van der Waals surface area contributed by atoms with Crippen molar-refractivity contribution in [2.45, 2.75) is 12.5 Å². The van der Waals surface area contributed by atoms with E-state index in [4.69, 9.17) is 5.84 Å². The standard InChI is InChI=1S/C10H11BrN4S/c11-8-3-1-7(2-4-8)5-9(13-12)10-6-16-15-14-10/h1-4,6,9,13H,5,12H2. The highest BCUT2D eigenvalue weighted by Gasteiger charge is 2.12. The smallest absolute Gasteiger partial charge is 0.0941 e. The van der Waals surface area contributed by atoms with Crippen molar-refractivity contribution in [1.29, 1.82) is 0 Å². The molecule has 0 bridgehead atoms. The molecule has 84 valence electrons. The van der Waals surface area contributed by atoms with Crippen LogP contribution in [0.15, 0.2) is 34.1 Å². The predicted octanol–water partition coefficient (Wildman–Crippen LogP) is 2.05. The Bertz CT molecular complexity index is 429. The lowest BCUT2D eigenvalue weighted by Gasteiger charge is -2.12. The van der Waals surface area contributed by atoms with Crippen LogP contribution in [0.25, 0.3) is 0 Å². The quantitative estimate of drug-likeness (QED) is 0.670. The number of rotatable bonds is 4. The van der Waals surface area contributed by atoms with Gasteiger partial charge in [-0.25, -0.2) is 0 Å². The summed E-state index contributed by atoms with van der Waals surface area (Å²) in [5, 5.41) is 5.92. The zero-order valence-corrected chi connectivity index (χ0v) is 10.8. The number of aromatic nitrogens is 2. The lowest BCUT2D eigenvalue weighted by atomic mass is 10.0. The largest absolute Gasteiger partial charge is 0.271 e. The predicted molar refractivity (Wildman–Crippen MR) is 67.8 cm³/mol. The van der Waals surface area contributed by atoms with E-state index in [1.807, 2.05) is 17.5 Å². The van der Waals surface area contributed by atoms with E-state index in [0.717, 1.165) is 16.6 Å². The molecule has 3 N–H and O–H groups in total. The van der Waals surface area contributed by atoms with Crippen molar-refractivity contribution in [3.05, 3.63) is 45.4 Å². The molecule has 0 saturated heterocycles. The van der Waals surface area contributed by atoms with E-state index in [1.54, 1.807) is 0 Å². The number of benzene rings is 1. The Morgan fingerprint density at radius 1 is 1.38 bits per heavy atom. The Hall–Kier alpha value is -0.820. The van der Waals surface area contributed by atoms with Gasteiger partial charge in [-0.3, -0.25) is 11.3 Å². The lowest BCUT2D eigenvalue weighted by molar-refractivity contribution is 0.537. The highest BCUT2D eigenvalue weighted by atomic mass is 79.9. The van der Waals surface area contributed by atoms with Gasteiger partial charge in [0.25, 0.3) is 0 Å². The molecule has 0 amide bonds. The Morgan fingerprint density at radius 3 is 2.69 bits per heavy atom. The second kappa shape index (κ2) is 5.49. The van der Waals surface area contributed by atoms with Crippen LogP contribution in [0.4, 0.5) is 0 Å². The number of nitrogens with one attached hydrogen (secondary N) is 1. The molecule has 4 nitrogen and oxygen atoms in total. The zero-order chi connectivity index (χ0) is 11.4. The first kappa shape index (κ1) is 11.7. The monoisotopic (exact) mass is 298 g/mol. The molecule has 0 aliphatic heterocycles. The SMILES string of the molecule is NNC(Cc1ccc(Br)cc1)c1csnn1. The van der Waals surface area contributed by atoms with Crippen LogP contribution in [-0.2, 0) is 6.42 Å². The Labute approximate surface area is 106 Å². The molecule has 0 aliphatic carbocycles. The molecule has 0 saturated carbocycles. The van der Waals surface area contributed by atoms with Crippen LogP contribution in [0.3, 0.4) is 0 Å². The fourth-order valence-electron chi connectivity index (χ4n) is 1.43. The molecule has 1 aromatic heterocycles. The zero-order valence-electron chi connectivity index (χ0n) is 8.43. The first-order valence-corrected chi connectivity index (χ1v) is 6.40. The molecule has 0 fully saturated rings. The average molecular weight is 299 g/mol. The maximum Gasteiger partial charge on any atom is 0.0941 e. The van der Waals surface area contributed by atoms with Gasteiger partial charge in [0.1, 0.15) is 0 Å². The fraction of sp³-hybridized carbons (Fsp3) is 0.200. The van der Waals surface area contributed by atoms with E-state index in [1.165, 1.54) is 17.1 Å². The number of nitrogens with two attached hydrogens (primary N) is 1. The molecule has 1 heterocycles. The molecule has 2 rings (SSSR count). The molecule has 0 aliphatic rings. The van der Waals surface area contributed by atoms with Crippen molar-refractivity contribution in [2.75, 3.05) is 0 Å². The summed E-state index contributed by atoms with van der Waals surface area (Å²) in [6.07, 6.45) is 0.801. The summed E-state index contributed by atoms with van der Waals surface area (Å²) in [6, 6.07) is 8.17. The van der Waals surface area contributed by atoms with E-state index in [2.05, 4.69) is 43.1 Å². The first-order chi connectivity index (χ1) is 7.79. The second-order valence-corrected chi connectivity index (χ2v) is 4.91. The summed E-state index contributed by atoms with van der Waals surface area (Å²) in [5.41, 5.74) is 4.85. The van der Waals surface area contributed by atoms with Crippen molar-refractivity contribution in [2.24, 2.45) is 5.84 Å². The van der Waals surface area contributed by atoms with Gasteiger partial charge in [-0.2, -0.15) is 0 Å². The summed E-state index contributed by atoms with van der Waals surface area (Å²) < 4.78 is 4.91. The van der Waals surface area contributed by atoms with E-state index >= 15 is 0 Å². The number of hydrogen-bond acceptors (Lipinski definition) is 5. The van der Waals surface area contributed by atoms with Gasteiger partial charge in [-0.1, -0.05) is 32.6 Å². The molecule has 16 heavy (non-hydrogen) atoms. The van der Waals surface area contributed by atoms with Crippen LogP contribution in [-0.4, -0.2) is 9.59 Å². The third-order valence-electron chi connectivity index (χ3n) is 2.29. The maximum atomic E-state index is 5.52. The van der Waals surface area contributed by atoms with E-state index in [0.29, 0.717) is 0 Å². The van der Waals surface area contributed by atoms with Gasteiger partial charge in [0.15, 0.2) is 0 Å². The van der Waals surface area contributed by atoms with Gasteiger partial charge >= 0.3 is 0 Å². The van der Waals surface area contributed by atoms with Gasteiger partial charge in [0, 0.05) is 9.85 Å². The summed E-state index contributed by atoms with van der Waals surface area (Å²) >= 11 is 4.74. The van der Waals surface area contributed by atoms with Crippen LogP contribution in [0.1, 0.15) is 17.3 Å². The van der Waals surface area contributed by atoms with Gasteiger partial charge < -0.3 is 0 Å². The van der Waals surface area contributed by atoms with Crippen molar-refractivity contribution in [3.8, 4) is 0 Å². The van der Waals surface area contributed by atoms with Crippen LogP contribution in [0.5, 0.6) is 0 Å². The second-order valence-electron chi connectivity index (χ2n) is 3.38. The number of nitrogens with zero attached hydrogens (tertiary/aromatic N) is 2. The van der Waals surface area contributed by atoms with E-state index in [-0.39, 0.29) is 6.04 Å². The third-order valence-corrected chi connectivity index (χ3v) is 3.34. The summed E-state index contributed by atoms with van der Waals surface area (Å²) in [4.78, 5) is 0. The van der Waals surface area contributed by atoms with Crippen LogP contribution in [0, 0.1) is 0 Å². The molecule has 6 heteroatoms. The summed E-state index contributed by atoms with van der Waals surface area (Å²) in [5.74, 6) is 5.52. The number of hydrazine groups is 1. The van der Waals surface area contributed by atoms with Crippen molar-refractivity contribution >= 4 is 27.5 Å². The average Bonchev–Trinajstić information content (AvgIpc) is 2.82. The molecule has 0 radical (unpaired) electrons. The minimum Gasteiger partial charge on any atom is -0.271 e. The van der Waals surface area contributed by atoms with Gasteiger partial charge in [0.2, 0.25) is 0 Å². The van der Waals surface area contributed by atoms with Gasteiger partial charge in [-0.15, -0.1) is 5.10 Å². The van der Waals surface area contributed by atoms with Crippen LogP contribution in [0.2, 0.25) is 0 Å². The molecular weight excluding hydrogens is 288 g/mol. The molecule has 1 unspecified atom stereocenters. The maximum absolute atomic E-state index is 5.52. The highest BCUT2D eigenvalue weighted by Crippen LogP contribution is 2.18. The Kier molecular flexibility index (Phi) is 4.00. The fourth-order valence-corrected chi connectivity index (χ4v) is 2.20. The molecule has 2 aromatic rings. The lowest BCUT2D eigenvalue weighted by Crippen LogP contribution is -2.29.